The molecular formula is C16H18O4S. The lowest BCUT2D eigenvalue weighted by Crippen LogP contribution is -2.22. The first kappa shape index (κ1) is 15.6. The van der Waals surface area contributed by atoms with E-state index in [4.69, 9.17) is 4.42 Å². The summed E-state index contributed by atoms with van der Waals surface area (Å²) in [5.74, 6) is -0.320. The molecule has 0 aliphatic carbocycles. The largest absolute Gasteiger partial charge is 0.480 e. The Balaban J connectivity index is 2.34. The zero-order valence-electron chi connectivity index (χ0n) is 12.3. The Morgan fingerprint density at radius 3 is 2.67 bits per heavy atom. The minimum atomic E-state index is -0.821. The number of carboxylic acid groups (broad SMARTS) is 1. The van der Waals surface area contributed by atoms with Crippen LogP contribution in [0.3, 0.4) is 0 Å². The van der Waals surface area contributed by atoms with E-state index in [1.165, 1.54) is 17.8 Å². The first-order valence-electron chi connectivity index (χ1n) is 6.76. The summed E-state index contributed by atoms with van der Waals surface area (Å²) >= 11 is 1.34. The van der Waals surface area contributed by atoms with Gasteiger partial charge >= 0.3 is 11.6 Å². The third-order valence-corrected chi connectivity index (χ3v) is 4.84. The molecule has 1 aromatic heterocycles. The summed E-state index contributed by atoms with van der Waals surface area (Å²) in [5, 5.41) is 9.60. The van der Waals surface area contributed by atoms with Gasteiger partial charge in [-0.05, 0) is 30.0 Å². The van der Waals surface area contributed by atoms with Crippen LogP contribution in [0.25, 0.3) is 11.0 Å². The van der Waals surface area contributed by atoms with Crippen LogP contribution in [0.1, 0.15) is 25.0 Å². The number of hydrogen-bond acceptors (Lipinski definition) is 4. The van der Waals surface area contributed by atoms with E-state index < -0.39 is 16.8 Å². The molecule has 21 heavy (non-hydrogen) atoms. The molecule has 2 aromatic rings. The van der Waals surface area contributed by atoms with Gasteiger partial charge in [-0.2, -0.15) is 0 Å². The van der Waals surface area contributed by atoms with Crippen LogP contribution in [0, 0.1) is 12.8 Å². The van der Waals surface area contributed by atoms with Crippen molar-refractivity contribution in [3.05, 3.63) is 45.8 Å². The zero-order chi connectivity index (χ0) is 15.6. The molecule has 0 saturated carbocycles. The summed E-state index contributed by atoms with van der Waals surface area (Å²) in [5.41, 5.74) is 1.98. The van der Waals surface area contributed by atoms with Crippen molar-refractivity contribution in [3.63, 3.8) is 0 Å². The summed E-state index contributed by atoms with van der Waals surface area (Å²) in [4.78, 5) is 22.9. The lowest BCUT2D eigenvalue weighted by molar-refractivity contribution is -0.137. The molecule has 5 heteroatoms. The van der Waals surface area contributed by atoms with E-state index in [0.717, 1.165) is 16.5 Å². The summed E-state index contributed by atoms with van der Waals surface area (Å²) in [6.45, 7) is 5.69. The van der Waals surface area contributed by atoms with Crippen molar-refractivity contribution >= 4 is 28.7 Å². The van der Waals surface area contributed by atoms with E-state index in [1.54, 1.807) is 0 Å². The highest BCUT2D eigenvalue weighted by atomic mass is 32.2. The minimum absolute atomic E-state index is 0.0288. The van der Waals surface area contributed by atoms with Gasteiger partial charge in [-0.1, -0.05) is 26.0 Å². The number of benzene rings is 1. The second kappa shape index (κ2) is 6.35. The van der Waals surface area contributed by atoms with Gasteiger partial charge in [0.25, 0.3) is 0 Å². The number of thioether (sulfide) groups is 1. The van der Waals surface area contributed by atoms with Crippen molar-refractivity contribution in [2.45, 2.75) is 31.8 Å². The van der Waals surface area contributed by atoms with Crippen LogP contribution in [-0.2, 0) is 10.5 Å². The summed E-state index contributed by atoms with van der Waals surface area (Å²) in [6, 6.07) is 7.13. The van der Waals surface area contributed by atoms with Crippen molar-refractivity contribution in [2.75, 3.05) is 0 Å². The minimum Gasteiger partial charge on any atom is -0.480 e. The second-order valence-electron chi connectivity index (χ2n) is 5.40. The quantitative estimate of drug-likeness (QED) is 0.857. The highest BCUT2D eigenvalue weighted by Gasteiger charge is 2.22. The van der Waals surface area contributed by atoms with Gasteiger partial charge in [0.2, 0.25) is 0 Å². The van der Waals surface area contributed by atoms with E-state index >= 15 is 0 Å². The van der Waals surface area contributed by atoms with Crippen molar-refractivity contribution in [2.24, 2.45) is 5.92 Å². The maximum Gasteiger partial charge on any atom is 0.336 e. The topological polar surface area (TPSA) is 67.5 Å². The van der Waals surface area contributed by atoms with E-state index in [2.05, 4.69) is 0 Å². The molecule has 0 amide bonds. The number of aryl methyl sites for hydroxylation is 1. The van der Waals surface area contributed by atoms with E-state index in [-0.39, 0.29) is 5.92 Å². The highest BCUT2D eigenvalue weighted by molar-refractivity contribution is 7.99. The lowest BCUT2D eigenvalue weighted by Gasteiger charge is -2.16. The van der Waals surface area contributed by atoms with Gasteiger partial charge in [0.05, 0.1) is 0 Å². The Bertz CT molecular complexity index is 718. The fourth-order valence-corrected chi connectivity index (χ4v) is 3.31. The molecule has 0 spiro atoms. The molecule has 0 bridgehead atoms. The number of aliphatic carboxylic acids is 1. The average molecular weight is 306 g/mol. The van der Waals surface area contributed by atoms with Crippen molar-refractivity contribution < 1.29 is 14.3 Å². The molecule has 0 aliphatic heterocycles. The van der Waals surface area contributed by atoms with Gasteiger partial charge in [-0.3, -0.25) is 4.79 Å². The molecule has 1 heterocycles. The third-order valence-electron chi connectivity index (χ3n) is 3.25. The predicted molar refractivity (Wildman–Crippen MR) is 84.8 cm³/mol. The van der Waals surface area contributed by atoms with Gasteiger partial charge in [0.15, 0.2) is 0 Å². The zero-order valence-corrected chi connectivity index (χ0v) is 13.1. The van der Waals surface area contributed by atoms with Gasteiger partial charge in [0.1, 0.15) is 10.8 Å². The highest BCUT2D eigenvalue weighted by Crippen LogP contribution is 2.27. The van der Waals surface area contributed by atoms with Crippen LogP contribution in [0.4, 0.5) is 0 Å². The van der Waals surface area contributed by atoms with Crippen LogP contribution in [-0.4, -0.2) is 16.3 Å². The SMILES string of the molecule is Cc1ccc2c(CSC(C(=O)O)C(C)C)cc(=O)oc2c1. The fraction of sp³-hybridized carbons (Fsp3) is 0.375. The van der Waals surface area contributed by atoms with E-state index in [9.17, 15) is 14.7 Å². The molecule has 0 aliphatic rings. The number of hydrogen-bond donors (Lipinski definition) is 1. The van der Waals surface area contributed by atoms with Crippen LogP contribution >= 0.6 is 11.8 Å². The van der Waals surface area contributed by atoms with Crippen molar-refractivity contribution in [3.8, 4) is 0 Å². The molecule has 4 nitrogen and oxygen atoms in total. The molecule has 112 valence electrons. The number of carboxylic acids is 1. The molecule has 1 unspecified atom stereocenters. The third kappa shape index (κ3) is 3.67. The van der Waals surface area contributed by atoms with Gasteiger partial charge in [-0.15, -0.1) is 11.8 Å². The Morgan fingerprint density at radius 1 is 1.33 bits per heavy atom. The summed E-state index contributed by atoms with van der Waals surface area (Å²) in [7, 11) is 0. The molecule has 1 atom stereocenters. The molecular weight excluding hydrogens is 288 g/mol. The Hall–Kier alpha value is -1.75. The first-order valence-corrected chi connectivity index (χ1v) is 7.81. The van der Waals surface area contributed by atoms with Crippen molar-refractivity contribution in [1.29, 1.82) is 0 Å². The normalized spacial score (nSPS) is 12.8. The molecule has 0 saturated heterocycles. The summed E-state index contributed by atoms with van der Waals surface area (Å²) < 4.78 is 5.20. The van der Waals surface area contributed by atoms with Gasteiger partial charge < -0.3 is 9.52 Å². The monoisotopic (exact) mass is 306 g/mol. The first-order chi connectivity index (χ1) is 9.88. The molecule has 1 N–H and O–H groups in total. The molecule has 1 aromatic carbocycles. The Labute approximate surface area is 127 Å². The molecule has 0 radical (unpaired) electrons. The van der Waals surface area contributed by atoms with Gasteiger partial charge in [0, 0.05) is 17.2 Å². The molecule has 2 rings (SSSR count). The average Bonchev–Trinajstić information content (AvgIpc) is 2.36. The van der Waals surface area contributed by atoms with Crippen molar-refractivity contribution in [1.82, 2.24) is 0 Å². The van der Waals surface area contributed by atoms with E-state index in [0.29, 0.717) is 11.3 Å². The second-order valence-corrected chi connectivity index (χ2v) is 6.53. The number of rotatable bonds is 5. The Kier molecular flexibility index (Phi) is 4.73. The van der Waals surface area contributed by atoms with Crippen LogP contribution < -0.4 is 5.63 Å². The lowest BCUT2D eigenvalue weighted by atomic mass is 10.1. The maximum absolute atomic E-state index is 11.6. The smallest absolute Gasteiger partial charge is 0.336 e. The number of carbonyl (C=O) groups is 1. The fourth-order valence-electron chi connectivity index (χ4n) is 2.18. The molecule has 0 fully saturated rings. The standard InChI is InChI=1S/C16H18O4S/c1-9(2)15(16(18)19)21-8-11-7-14(17)20-13-6-10(3)4-5-12(11)13/h4-7,9,15H,8H2,1-3H3,(H,18,19). The summed E-state index contributed by atoms with van der Waals surface area (Å²) in [6.07, 6.45) is 0. The van der Waals surface area contributed by atoms with Crippen LogP contribution in [0.5, 0.6) is 0 Å². The maximum atomic E-state index is 11.6. The Morgan fingerprint density at radius 2 is 2.05 bits per heavy atom. The predicted octanol–water partition coefficient (Wildman–Crippen LogP) is 3.44. The number of fused-ring (bicyclic) bond motifs is 1. The van der Waals surface area contributed by atoms with Gasteiger partial charge in [-0.25, -0.2) is 4.79 Å². The van der Waals surface area contributed by atoms with Crippen LogP contribution in [0.15, 0.2) is 33.5 Å². The van der Waals surface area contributed by atoms with Crippen LogP contribution in [0.2, 0.25) is 0 Å². The van der Waals surface area contributed by atoms with E-state index in [1.807, 2.05) is 39.0 Å².